The molecule has 0 saturated heterocycles. The predicted octanol–water partition coefficient (Wildman–Crippen LogP) is 2.86. The van der Waals surface area contributed by atoms with Crippen molar-refractivity contribution in [1.82, 2.24) is 0 Å². The molecule has 2 rings (SSSR count). The van der Waals surface area contributed by atoms with E-state index >= 15 is 0 Å². The van der Waals surface area contributed by atoms with E-state index in [1.165, 1.54) is 16.3 Å². The van der Waals surface area contributed by atoms with Gasteiger partial charge < -0.3 is 0 Å². The van der Waals surface area contributed by atoms with Crippen LogP contribution in [0.1, 0.15) is 5.56 Å². The van der Waals surface area contributed by atoms with E-state index in [2.05, 4.69) is 43.3 Å². The summed E-state index contributed by atoms with van der Waals surface area (Å²) >= 11 is 0. The van der Waals surface area contributed by atoms with Crippen molar-refractivity contribution in [3.63, 3.8) is 0 Å². The van der Waals surface area contributed by atoms with Crippen LogP contribution in [-0.4, -0.2) is 0 Å². The monoisotopic (exact) mass is 177 g/mol. The number of aryl methyl sites for hydroxylation is 1. The van der Waals surface area contributed by atoms with Crippen molar-refractivity contribution in [2.45, 2.75) is 6.92 Å². The molecule has 11 heavy (non-hydrogen) atoms. The minimum Gasteiger partial charge on any atom is -0.168 e. The van der Waals surface area contributed by atoms with Gasteiger partial charge in [-0.1, -0.05) is 5.56 Å². The average molecular weight is 177 g/mol. The summed E-state index contributed by atoms with van der Waals surface area (Å²) in [6, 6.07) is 12.9. The van der Waals surface area contributed by atoms with E-state index in [0.29, 0.717) is 0 Å². The zero-order valence-electron chi connectivity index (χ0n) is 6.46. The zero-order valence-corrected chi connectivity index (χ0v) is 8.03. The Morgan fingerprint density at radius 3 is 2.82 bits per heavy atom. The summed E-state index contributed by atoms with van der Waals surface area (Å²) in [5.74, 6) is 0. The summed E-state index contributed by atoms with van der Waals surface area (Å²) in [6.07, 6.45) is 0. The fourth-order valence-electron chi connectivity index (χ4n) is 1.25. The second-order valence-electron chi connectivity index (χ2n) is 2.66. The molecule has 1 heteroatoms. The van der Waals surface area contributed by atoms with Gasteiger partial charge in [-0.25, -0.2) is 0 Å². The van der Waals surface area contributed by atoms with Gasteiger partial charge in [0.2, 0.25) is 0 Å². The van der Waals surface area contributed by atoms with E-state index < -0.39 is 0 Å². The topological polar surface area (TPSA) is 0 Å². The first-order chi connectivity index (χ1) is 4.86. The molecule has 0 spiro atoms. The maximum atomic E-state index is 2.20. The number of hydrogen-bond donors (Lipinski definition) is 0. The Labute approximate surface area is 81.5 Å². The molecular weight excluding hydrogens is 168 g/mol. The maximum absolute atomic E-state index is 2.20. The Morgan fingerprint density at radius 2 is 2.00 bits per heavy atom. The van der Waals surface area contributed by atoms with Crippen molar-refractivity contribution in [3.8, 4) is 0 Å². The molecule has 0 N–H and O–H groups in total. The van der Waals surface area contributed by atoms with Crippen molar-refractivity contribution in [2.24, 2.45) is 0 Å². The number of fused-ring (bicyclic) bond motifs is 1. The Kier molecular flexibility index (Phi) is 2.59. The number of rotatable bonds is 0. The third-order valence-electron chi connectivity index (χ3n) is 1.79. The van der Waals surface area contributed by atoms with Crippen molar-refractivity contribution in [2.75, 3.05) is 0 Å². The summed E-state index contributed by atoms with van der Waals surface area (Å²) in [4.78, 5) is 0. The number of benzene rings is 1. The summed E-state index contributed by atoms with van der Waals surface area (Å²) in [5, 5.41) is 2.69. The number of hydrogen-bond acceptors (Lipinski definition) is 0. The SMILES string of the molecule is Cc1ccc2[cH-]ccc2c1.[Ti+2]. The first-order valence-electron chi connectivity index (χ1n) is 3.48. The summed E-state index contributed by atoms with van der Waals surface area (Å²) < 4.78 is 0. The summed E-state index contributed by atoms with van der Waals surface area (Å²) in [5.41, 5.74) is 1.33. The second kappa shape index (κ2) is 3.29. The molecule has 0 amide bonds. The molecule has 0 bridgehead atoms. The van der Waals surface area contributed by atoms with Crippen LogP contribution in [0.3, 0.4) is 0 Å². The average Bonchev–Trinajstić information content (AvgIpc) is 2.33. The molecule has 0 atom stereocenters. The molecule has 0 radical (unpaired) electrons. The minimum absolute atomic E-state index is 0. The molecule has 0 saturated carbocycles. The molecule has 0 aliphatic carbocycles. The van der Waals surface area contributed by atoms with Gasteiger partial charge in [-0.05, 0) is 6.92 Å². The first kappa shape index (κ1) is 8.64. The Bertz CT molecular complexity index is 346. The Hall–Kier alpha value is -0.456. The van der Waals surface area contributed by atoms with Crippen LogP contribution in [-0.2, 0) is 21.7 Å². The second-order valence-corrected chi connectivity index (χ2v) is 2.66. The quantitative estimate of drug-likeness (QED) is 0.428. The van der Waals surface area contributed by atoms with Gasteiger partial charge in [0, 0.05) is 0 Å². The van der Waals surface area contributed by atoms with Crippen molar-refractivity contribution >= 4 is 10.8 Å². The van der Waals surface area contributed by atoms with Gasteiger partial charge in [-0.2, -0.15) is 17.5 Å². The smallest absolute Gasteiger partial charge is 0.168 e. The molecule has 0 unspecified atom stereocenters. The van der Waals surface area contributed by atoms with E-state index in [9.17, 15) is 0 Å². The zero-order chi connectivity index (χ0) is 6.97. The van der Waals surface area contributed by atoms with Crippen LogP contribution in [0, 0.1) is 6.92 Å². The largest absolute Gasteiger partial charge is 2.00 e. The molecule has 0 fully saturated rings. The first-order valence-corrected chi connectivity index (χ1v) is 3.48. The molecule has 0 aliphatic heterocycles. The van der Waals surface area contributed by atoms with E-state index in [1.54, 1.807) is 0 Å². The van der Waals surface area contributed by atoms with E-state index in [0.717, 1.165) is 0 Å². The van der Waals surface area contributed by atoms with Gasteiger partial charge in [0.05, 0.1) is 0 Å². The van der Waals surface area contributed by atoms with Crippen LogP contribution in [0.2, 0.25) is 0 Å². The van der Waals surface area contributed by atoms with Crippen LogP contribution in [0.25, 0.3) is 10.8 Å². The maximum Gasteiger partial charge on any atom is 2.00 e. The van der Waals surface area contributed by atoms with Gasteiger partial charge in [-0.15, -0.1) is 29.7 Å². The molecule has 2 aromatic rings. The third kappa shape index (κ3) is 1.58. The molecule has 0 heterocycles. The van der Waals surface area contributed by atoms with E-state index in [-0.39, 0.29) is 21.7 Å². The van der Waals surface area contributed by atoms with Crippen LogP contribution < -0.4 is 0 Å². The van der Waals surface area contributed by atoms with Crippen molar-refractivity contribution in [1.29, 1.82) is 0 Å². The Morgan fingerprint density at radius 1 is 1.18 bits per heavy atom. The fraction of sp³-hybridized carbons (Fsp3) is 0.100. The van der Waals surface area contributed by atoms with E-state index in [1.807, 2.05) is 0 Å². The molecule has 0 aromatic heterocycles. The van der Waals surface area contributed by atoms with Gasteiger partial charge in [-0.3, -0.25) is 0 Å². The predicted molar refractivity (Wildman–Crippen MR) is 44.3 cm³/mol. The van der Waals surface area contributed by atoms with Crippen molar-refractivity contribution < 1.29 is 21.7 Å². The fourth-order valence-corrected chi connectivity index (χ4v) is 1.25. The van der Waals surface area contributed by atoms with Gasteiger partial charge >= 0.3 is 21.7 Å². The standard InChI is InChI=1S/C10H9.Ti/c1-8-5-6-9-3-2-4-10(9)7-8;/h2-7H,1H3;/q-1;+2. The van der Waals surface area contributed by atoms with E-state index in [4.69, 9.17) is 0 Å². The van der Waals surface area contributed by atoms with Crippen LogP contribution >= 0.6 is 0 Å². The van der Waals surface area contributed by atoms with Crippen LogP contribution in [0.15, 0.2) is 36.4 Å². The van der Waals surface area contributed by atoms with Crippen LogP contribution in [0.5, 0.6) is 0 Å². The third-order valence-corrected chi connectivity index (χ3v) is 1.79. The van der Waals surface area contributed by atoms with Gasteiger partial charge in [0.1, 0.15) is 0 Å². The molecule has 0 aliphatic rings. The van der Waals surface area contributed by atoms with Crippen LogP contribution in [0.4, 0.5) is 0 Å². The van der Waals surface area contributed by atoms with Crippen molar-refractivity contribution in [3.05, 3.63) is 42.0 Å². The molecular formula is C10H9Ti+. The molecule has 52 valence electrons. The Balaban J connectivity index is 0.000000605. The normalized spacial score (nSPS) is 9.55. The van der Waals surface area contributed by atoms with Gasteiger partial charge in [0.15, 0.2) is 0 Å². The summed E-state index contributed by atoms with van der Waals surface area (Å²) in [7, 11) is 0. The minimum atomic E-state index is 0. The molecule has 0 nitrogen and oxygen atoms in total. The summed E-state index contributed by atoms with van der Waals surface area (Å²) in [6.45, 7) is 2.12. The van der Waals surface area contributed by atoms with Gasteiger partial charge in [0.25, 0.3) is 0 Å². The molecule has 2 aromatic carbocycles.